The normalized spacial score (nSPS) is 18.7. The molecule has 18 heavy (non-hydrogen) atoms. The van der Waals surface area contributed by atoms with Crippen molar-refractivity contribution in [2.24, 2.45) is 0 Å². The zero-order valence-corrected chi connectivity index (χ0v) is 11.7. The first-order valence-electron chi connectivity index (χ1n) is 5.83. The number of halogens is 1. The molecule has 0 bridgehead atoms. The molecule has 1 fully saturated rings. The van der Waals surface area contributed by atoms with Crippen LogP contribution in [0.1, 0.15) is 23.2 Å². The molecular weight excluding hydrogens is 300 g/mol. The molecule has 5 heteroatoms. The van der Waals surface area contributed by atoms with Gasteiger partial charge in [0.25, 0.3) is 0 Å². The molecular formula is C13H15BrO4. The first-order chi connectivity index (χ1) is 8.72. The van der Waals surface area contributed by atoms with Gasteiger partial charge in [-0.25, -0.2) is 4.79 Å². The van der Waals surface area contributed by atoms with E-state index >= 15 is 0 Å². The van der Waals surface area contributed by atoms with Crippen LogP contribution in [0, 0.1) is 0 Å². The highest BCUT2D eigenvalue weighted by molar-refractivity contribution is 9.10. The molecule has 0 saturated carbocycles. The molecule has 1 atom stereocenters. The second-order valence-corrected chi connectivity index (χ2v) is 4.91. The number of esters is 1. The van der Waals surface area contributed by atoms with Crippen LogP contribution in [0.5, 0.6) is 5.75 Å². The van der Waals surface area contributed by atoms with Crippen molar-refractivity contribution in [1.82, 2.24) is 0 Å². The minimum absolute atomic E-state index is 0.114. The Hall–Kier alpha value is -1.07. The van der Waals surface area contributed by atoms with Crippen LogP contribution in [-0.2, 0) is 9.47 Å². The van der Waals surface area contributed by atoms with E-state index in [1.807, 2.05) is 6.07 Å². The number of hydrogen-bond acceptors (Lipinski definition) is 4. The molecule has 98 valence electrons. The van der Waals surface area contributed by atoms with Crippen LogP contribution in [0.3, 0.4) is 0 Å². The van der Waals surface area contributed by atoms with E-state index in [1.165, 1.54) is 7.11 Å². The molecule has 2 rings (SSSR count). The highest BCUT2D eigenvalue weighted by Gasteiger charge is 2.20. The molecule has 1 aliphatic heterocycles. The molecule has 1 aromatic carbocycles. The molecule has 1 aromatic rings. The zero-order chi connectivity index (χ0) is 13.0. The van der Waals surface area contributed by atoms with Gasteiger partial charge >= 0.3 is 5.97 Å². The molecule has 4 nitrogen and oxygen atoms in total. The molecule has 1 aliphatic rings. The second-order valence-electron chi connectivity index (χ2n) is 4.05. The van der Waals surface area contributed by atoms with Gasteiger partial charge in [0, 0.05) is 6.61 Å². The fraction of sp³-hybridized carbons (Fsp3) is 0.462. The number of carbonyl (C=O) groups excluding carboxylic acids is 1. The van der Waals surface area contributed by atoms with E-state index in [4.69, 9.17) is 14.2 Å². The predicted molar refractivity (Wildman–Crippen MR) is 70.0 cm³/mol. The van der Waals surface area contributed by atoms with Crippen LogP contribution in [0.2, 0.25) is 0 Å². The second kappa shape index (κ2) is 6.20. The van der Waals surface area contributed by atoms with Crippen LogP contribution in [-0.4, -0.2) is 32.4 Å². The van der Waals surface area contributed by atoms with Gasteiger partial charge in [0.05, 0.1) is 17.7 Å². The maximum Gasteiger partial charge on any atom is 0.341 e. The number of benzene rings is 1. The standard InChI is InChI=1S/C13H15BrO4/c1-16-13(15)10-5-2-6-11(14)12(10)18-8-9-4-3-7-17-9/h2,5-6,9H,3-4,7-8H2,1H3/t9-/m1/s1. The molecule has 1 heterocycles. The van der Waals surface area contributed by atoms with E-state index in [1.54, 1.807) is 12.1 Å². The number of rotatable bonds is 4. The smallest absolute Gasteiger partial charge is 0.341 e. The summed E-state index contributed by atoms with van der Waals surface area (Å²) in [6.07, 6.45) is 2.17. The summed E-state index contributed by atoms with van der Waals surface area (Å²) in [5, 5.41) is 0. The van der Waals surface area contributed by atoms with Crippen molar-refractivity contribution >= 4 is 21.9 Å². The van der Waals surface area contributed by atoms with Gasteiger partial charge in [-0.2, -0.15) is 0 Å². The molecule has 0 spiro atoms. The van der Waals surface area contributed by atoms with E-state index < -0.39 is 5.97 Å². The average Bonchev–Trinajstić information content (AvgIpc) is 2.89. The van der Waals surface area contributed by atoms with Gasteiger partial charge in [0.15, 0.2) is 0 Å². The minimum atomic E-state index is -0.404. The van der Waals surface area contributed by atoms with Gasteiger partial charge in [-0.15, -0.1) is 0 Å². The molecule has 0 aliphatic carbocycles. The Morgan fingerprint density at radius 3 is 3.06 bits per heavy atom. The predicted octanol–water partition coefficient (Wildman–Crippen LogP) is 2.79. The van der Waals surface area contributed by atoms with Crippen molar-refractivity contribution in [3.05, 3.63) is 28.2 Å². The lowest BCUT2D eigenvalue weighted by Crippen LogP contribution is -2.18. The molecule has 0 radical (unpaired) electrons. The highest BCUT2D eigenvalue weighted by atomic mass is 79.9. The molecule has 1 saturated heterocycles. The average molecular weight is 315 g/mol. The third-order valence-corrected chi connectivity index (χ3v) is 3.43. The van der Waals surface area contributed by atoms with E-state index in [2.05, 4.69) is 15.9 Å². The third-order valence-electron chi connectivity index (χ3n) is 2.81. The lowest BCUT2D eigenvalue weighted by atomic mass is 10.2. The van der Waals surface area contributed by atoms with E-state index in [0.717, 1.165) is 23.9 Å². The van der Waals surface area contributed by atoms with Crippen molar-refractivity contribution in [3.8, 4) is 5.75 Å². The number of para-hydroxylation sites is 1. The number of carbonyl (C=O) groups is 1. The maximum atomic E-state index is 11.6. The lowest BCUT2D eigenvalue weighted by molar-refractivity contribution is 0.0567. The summed E-state index contributed by atoms with van der Waals surface area (Å²) < 4.78 is 16.7. The minimum Gasteiger partial charge on any atom is -0.489 e. The van der Waals surface area contributed by atoms with Crippen molar-refractivity contribution in [2.45, 2.75) is 18.9 Å². The van der Waals surface area contributed by atoms with Crippen molar-refractivity contribution in [2.75, 3.05) is 20.3 Å². The van der Waals surface area contributed by atoms with E-state index in [-0.39, 0.29) is 6.10 Å². The van der Waals surface area contributed by atoms with E-state index in [9.17, 15) is 4.79 Å². The number of hydrogen-bond donors (Lipinski definition) is 0. The first-order valence-corrected chi connectivity index (χ1v) is 6.63. The Bertz CT molecular complexity index is 427. The number of ether oxygens (including phenoxy) is 3. The maximum absolute atomic E-state index is 11.6. The highest BCUT2D eigenvalue weighted by Crippen LogP contribution is 2.30. The monoisotopic (exact) mass is 314 g/mol. The Kier molecular flexibility index (Phi) is 4.60. The van der Waals surface area contributed by atoms with Crippen LogP contribution < -0.4 is 4.74 Å². The Morgan fingerprint density at radius 1 is 1.56 bits per heavy atom. The summed E-state index contributed by atoms with van der Waals surface area (Å²) in [5.74, 6) is 0.110. The zero-order valence-electron chi connectivity index (χ0n) is 10.1. The van der Waals surface area contributed by atoms with Gasteiger partial charge in [-0.3, -0.25) is 0 Å². The largest absolute Gasteiger partial charge is 0.489 e. The van der Waals surface area contributed by atoms with Crippen LogP contribution in [0.25, 0.3) is 0 Å². The van der Waals surface area contributed by atoms with Crippen molar-refractivity contribution in [1.29, 1.82) is 0 Å². The summed E-state index contributed by atoms with van der Waals surface area (Å²) >= 11 is 3.38. The van der Waals surface area contributed by atoms with Gasteiger partial charge in [0.1, 0.15) is 17.9 Å². The van der Waals surface area contributed by atoms with Gasteiger partial charge in [0.2, 0.25) is 0 Å². The molecule has 0 amide bonds. The van der Waals surface area contributed by atoms with Crippen molar-refractivity contribution < 1.29 is 19.0 Å². The lowest BCUT2D eigenvalue weighted by Gasteiger charge is -2.15. The topological polar surface area (TPSA) is 44.8 Å². The SMILES string of the molecule is COC(=O)c1cccc(Br)c1OC[C@H]1CCCO1. The fourth-order valence-electron chi connectivity index (χ4n) is 1.88. The molecule has 0 aromatic heterocycles. The summed E-state index contributed by atoms with van der Waals surface area (Å²) in [5.41, 5.74) is 0.421. The van der Waals surface area contributed by atoms with Gasteiger partial charge in [-0.1, -0.05) is 6.07 Å². The molecule has 0 unspecified atom stereocenters. The summed E-state index contributed by atoms with van der Waals surface area (Å²) in [6, 6.07) is 5.29. The molecule has 0 N–H and O–H groups in total. The third kappa shape index (κ3) is 3.03. The van der Waals surface area contributed by atoms with Crippen LogP contribution in [0.15, 0.2) is 22.7 Å². The Labute approximate surface area is 114 Å². The Balaban J connectivity index is 2.11. The van der Waals surface area contributed by atoms with Gasteiger partial charge < -0.3 is 14.2 Å². The number of methoxy groups -OCH3 is 1. The van der Waals surface area contributed by atoms with Gasteiger partial charge in [-0.05, 0) is 40.9 Å². The van der Waals surface area contributed by atoms with Crippen LogP contribution >= 0.6 is 15.9 Å². The summed E-state index contributed by atoms with van der Waals surface area (Å²) in [4.78, 5) is 11.6. The Morgan fingerprint density at radius 2 is 2.39 bits per heavy atom. The summed E-state index contributed by atoms with van der Waals surface area (Å²) in [6.45, 7) is 1.24. The van der Waals surface area contributed by atoms with E-state index in [0.29, 0.717) is 17.9 Å². The quantitative estimate of drug-likeness (QED) is 0.802. The van der Waals surface area contributed by atoms with Crippen molar-refractivity contribution in [3.63, 3.8) is 0 Å². The summed E-state index contributed by atoms with van der Waals surface area (Å²) in [7, 11) is 1.35. The fourth-order valence-corrected chi connectivity index (χ4v) is 2.36. The first kappa shape index (κ1) is 13.4. The van der Waals surface area contributed by atoms with Crippen LogP contribution in [0.4, 0.5) is 0 Å².